The molecule has 34 heavy (non-hydrogen) atoms. The molecule has 2 unspecified atom stereocenters. The molecular formula is C26H25NO7. The van der Waals surface area contributed by atoms with Gasteiger partial charge in [0.2, 0.25) is 0 Å². The van der Waals surface area contributed by atoms with Gasteiger partial charge in [0, 0.05) is 12.5 Å². The summed E-state index contributed by atoms with van der Waals surface area (Å²) >= 11 is 0. The van der Waals surface area contributed by atoms with Crippen molar-refractivity contribution < 1.29 is 34.4 Å². The van der Waals surface area contributed by atoms with Crippen molar-refractivity contribution >= 4 is 12.1 Å². The summed E-state index contributed by atoms with van der Waals surface area (Å²) in [4.78, 5) is 23.5. The van der Waals surface area contributed by atoms with Gasteiger partial charge in [0.25, 0.3) is 0 Å². The average Bonchev–Trinajstić information content (AvgIpc) is 3.18. The Bertz CT molecular complexity index is 1160. The van der Waals surface area contributed by atoms with Gasteiger partial charge in [-0.15, -0.1) is 0 Å². The molecule has 176 valence electrons. The number of fused-ring (bicyclic) bond motifs is 3. The number of ether oxygens (including phenoxy) is 2. The van der Waals surface area contributed by atoms with Crippen molar-refractivity contribution in [2.75, 3.05) is 20.3 Å². The molecule has 0 spiro atoms. The Kier molecular flexibility index (Phi) is 6.81. The molecule has 1 amide bonds. The lowest BCUT2D eigenvalue weighted by Crippen LogP contribution is -2.36. The zero-order chi connectivity index (χ0) is 24.2. The van der Waals surface area contributed by atoms with Crippen molar-refractivity contribution in [3.8, 4) is 16.9 Å². The second kappa shape index (κ2) is 9.94. The average molecular weight is 463 g/mol. The number of carbonyl (C=O) groups is 2. The molecule has 0 saturated carbocycles. The molecule has 8 nitrogen and oxygen atoms in total. The van der Waals surface area contributed by atoms with Crippen molar-refractivity contribution in [3.05, 3.63) is 89.0 Å². The van der Waals surface area contributed by atoms with Gasteiger partial charge in [-0.05, 0) is 39.9 Å². The van der Waals surface area contributed by atoms with Crippen LogP contribution in [-0.4, -0.2) is 53.7 Å². The quantitative estimate of drug-likeness (QED) is 0.404. The number of carboxylic acid groups (broad SMARTS) is 1. The monoisotopic (exact) mass is 463 g/mol. The first-order chi connectivity index (χ1) is 16.4. The van der Waals surface area contributed by atoms with Crippen LogP contribution in [0.25, 0.3) is 11.1 Å². The lowest BCUT2D eigenvalue weighted by Gasteiger charge is -2.20. The summed E-state index contributed by atoms with van der Waals surface area (Å²) in [6, 6.07) is 20.0. The Hall–Kier alpha value is -3.88. The highest BCUT2D eigenvalue weighted by Gasteiger charge is 2.29. The van der Waals surface area contributed by atoms with Gasteiger partial charge in [-0.2, -0.15) is 0 Å². The van der Waals surface area contributed by atoms with Crippen molar-refractivity contribution in [1.82, 2.24) is 5.32 Å². The van der Waals surface area contributed by atoms with E-state index in [9.17, 15) is 19.8 Å². The zero-order valence-electron chi connectivity index (χ0n) is 18.5. The van der Waals surface area contributed by atoms with Crippen molar-refractivity contribution in [2.45, 2.75) is 18.1 Å². The molecule has 0 aliphatic heterocycles. The number of methoxy groups -OCH3 is 1. The first kappa shape index (κ1) is 23.3. The van der Waals surface area contributed by atoms with Gasteiger partial charge in [0.1, 0.15) is 30.1 Å². The Labute approximate surface area is 196 Å². The Morgan fingerprint density at radius 2 is 1.59 bits per heavy atom. The fraction of sp³-hybridized carbons (Fsp3) is 0.231. The molecule has 1 aliphatic rings. The molecule has 3 aromatic carbocycles. The predicted octanol–water partition coefficient (Wildman–Crippen LogP) is 3.33. The molecule has 0 bridgehead atoms. The molecule has 2 atom stereocenters. The number of alkyl carbamates (subject to hydrolysis) is 1. The number of amides is 1. The van der Waals surface area contributed by atoms with Crippen LogP contribution in [0.2, 0.25) is 0 Å². The van der Waals surface area contributed by atoms with Gasteiger partial charge in [-0.25, -0.2) is 9.59 Å². The second-order valence-electron chi connectivity index (χ2n) is 7.98. The van der Waals surface area contributed by atoms with Gasteiger partial charge < -0.3 is 30.1 Å². The maximum absolute atomic E-state index is 12.3. The molecule has 0 fully saturated rings. The van der Waals surface area contributed by atoms with E-state index in [4.69, 9.17) is 14.6 Å². The Morgan fingerprint density at radius 3 is 2.18 bits per heavy atom. The molecule has 3 aromatic rings. The summed E-state index contributed by atoms with van der Waals surface area (Å²) in [6.07, 6.45) is -3.43. The van der Waals surface area contributed by atoms with E-state index in [1.807, 2.05) is 48.5 Å². The minimum atomic E-state index is -1.37. The summed E-state index contributed by atoms with van der Waals surface area (Å²) in [6.45, 7) is -0.132. The summed E-state index contributed by atoms with van der Waals surface area (Å²) in [5.74, 6) is -1.20. The SMILES string of the molecule is COc1cc(C(O)C(O)CNC(=O)OCC2c3ccccc3-c3ccccc32)ccc1C(=O)O. The third-order valence-corrected chi connectivity index (χ3v) is 5.96. The molecule has 0 radical (unpaired) electrons. The minimum Gasteiger partial charge on any atom is -0.496 e. The highest BCUT2D eigenvalue weighted by atomic mass is 16.5. The fourth-order valence-corrected chi connectivity index (χ4v) is 4.24. The third kappa shape index (κ3) is 4.59. The number of rotatable bonds is 8. The summed E-state index contributed by atoms with van der Waals surface area (Å²) in [7, 11) is 1.31. The Balaban J connectivity index is 1.34. The normalized spacial score (nSPS) is 14.0. The maximum Gasteiger partial charge on any atom is 0.407 e. The molecule has 0 saturated heterocycles. The standard InChI is InChI=1S/C26H25NO7/c1-33-23-12-15(10-11-20(23)25(30)31)24(29)22(28)13-27-26(32)34-14-21-18-8-4-2-6-16(18)17-7-3-5-9-19(17)21/h2-12,21-22,24,28-29H,13-14H2,1H3,(H,27,32)(H,30,31). The highest BCUT2D eigenvalue weighted by Crippen LogP contribution is 2.44. The van der Waals surface area contributed by atoms with Gasteiger partial charge in [0.15, 0.2) is 0 Å². The van der Waals surface area contributed by atoms with Crippen LogP contribution in [0.5, 0.6) is 5.75 Å². The van der Waals surface area contributed by atoms with E-state index in [-0.39, 0.29) is 35.9 Å². The first-order valence-corrected chi connectivity index (χ1v) is 10.8. The number of aromatic carboxylic acids is 1. The molecule has 4 rings (SSSR count). The number of nitrogens with one attached hydrogen (secondary N) is 1. The summed E-state index contributed by atoms with van der Waals surface area (Å²) < 4.78 is 10.5. The van der Waals surface area contributed by atoms with Crippen LogP contribution in [0.15, 0.2) is 66.7 Å². The van der Waals surface area contributed by atoms with E-state index in [2.05, 4.69) is 5.32 Å². The molecule has 4 N–H and O–H groups in total. The molecule has 1 aliphatic carbocycles. The van der Waals surface area contributed by atoms with Crippen LogP contribution in [-0.2, 0) is 4.74 Å². The van der Waals surface area contributed by atoms with E-state index in [0.29, 0.717) is 0 Å². The van der Waals surface area contributed by atoms with E-state index in [0.717, 1.165) is 22.3 Å². The molecular weight excluding hydrogens is 438 g/mol. The number of benzene rings is 3. The number of aliphatic hydroxyl groups is 2. The van der Waals surface area contributed by atoms with Crippen LogP contribution < -0.4 is 10.1 Å². The van der Waals surface area contributed by atoms with Crippen LogP contribution in [0.4, 0.5) is 4.79 Å². The van der Waals surface area contributed by atoms with E-state index >= 15 is 0 Å². The molecule has 0 aromatic heterocycles. The first-order valence-electron chi connectivity index (χ1n) is 10.8. The van der Waals surface area contributed by atoms with Crippen LogP contribution in [0, 0.1) is 0 Å². The number of carbonyl (C=O) groups excluding carboxylic acids is 1. The number of hydrogen-bond acceptors (Lipinski definition) is 6. The third-order valence-electron chi connectivity index (χ3n) is 5.96. The van der Waals surface area contributed by atoms with Crippen LogP contribution in [0.1, 0.15) is 39.1 Å². The maximum atomic E-state index is 12.3. The smallest absolute Gasteiger partial charge is 0.407 e. The van der Waals surface area contributed by atoms with Crippen LogP contribution >= 0.6 is 0 Å². The molecule has 0 heterocycles. The number of hydrogen-bond donors (Lipinski definition) is 4. The molecule has 8 heteroatoms. The Morgan fingerprint density at radius 1 is 0.971 bits per heavy atom. The van der Waals surface area contributed by atoms with Crippen molar-refractivity contribution in [1.29, 1.82) is 0 Å². The summed E-state index contributed by atoms with van der Waals surface area (Å²) in [5, 5.41) is 32.4. The van der Waals surface area contributed by atoms with Gasteiger partial charge >= 0.3 is 12.1 Å². The number of aliphatic hydroxyl groups excluding tert-OH is 2. The van der Waals surface area contributed by atoms with Gasteiger partial charge in [0.05, 0.1) is 7.11 Å². The fourth-order valence-electron chi connectivity index (χ4n) is 4.24. The van der Waals surface area contributed by atoms with E-state index in [1.165, 1.54) is 25.3 Å². The predicted molar refractivity (Wildman–Crippen MR) is 124 cm³/mol. The van der Waals surface area contributed by atoms with E-state index in [1.54, 1.807) is 0 Å². The van der Waals surface area contributed by atoms with Gasteiger partial charge in [-0.1, -0.05) is 54.6 Å². The van der Waals surface area contributed by atoms with Crippen LogP contribution in [0.3, 0.4) is 0 Å². The highest BCUT2D eigenvalue weighted by molar-refractivity contribution is 5.91. The van der Waals surface area contributed by atoms with E-state index < -0.39 is 24.3 Å². The number of carboxylic acids is 1. The van der Waals surface area contributed by atoms with Crippen molar-refractivity contribution in [2.24, 2.45) is 0 Å². The zero-order valence-corrected chi connectivity index (χ0v) is 18.5. The topological polar surface area (TPSA) is 125 Å². The largest absolute Gasteiger partial charge is 0.496 e. The second-order valence-corrected chi connectivity index (χ2v) is 7.98. The van der Waals surface area contributed by atoms with Gasteiger partial charge in [-0.3, -0.25) is 0 Å². The minimum absolute atomic E-state index is 0.0562. The van der Waals surface area contributed by atoms with Crippen molar-refractivity contribution in [3.63, 3.8) is 0 Å². The lowest BCUT2D eigenvalue weighted by atomic mass is 9.98. The summed E-state index contributed by atoms with van der Waals surface area (Å²) in [5.41, 5.74) is 4.61. The lowest BCUT2D eigenvalue weighted by molar-refractivity contribution is 0.0184.